The first-order valence-corrected chi connectivity index (χ1v) is 6.11. The van der Waals surface area contributed by atoms with E-state index in [0.29, 0.717) is 11.1 Å². The molecule has 0 aliphatic heterocycles. The lowest BCUT2D eigenvalue weighted by Crippen LogP contribution is -2.11. The lowest BCUT2D eigenvalue weighted by atomic mass is 9.93. The van der Waals surface area contributed by atoms with Crippen LogP contribution in [0.2, 0.25) is 0 Å². The van der Waals surface area contributed by atoms with Gasteiger partial charge in [-0.25, -0.2) is 0 Å². The average molecular weight is 301 g/mol. The quantitative estimate of drug-likeness (QED) is 0.817. The van der Waals surface area contributed by atoms with Crippen LogP contribution in [-0.2, 0) is 0 Å². The number of nitriles is 1. The fourth-order valence-electron chi connectivity index (χ4n) is 1.61. The second kappa shape index (κ2) is 5.56. The number of hydrogen-bond acceptors (Lipinski definition) is 3. The number of rotatable bonds is 3. The van der Waals surface area contributed by atoms with Crippen LogP contribution in [0.25, 0.3) is 0 Å². The molecule has 88 valence electrons. The van der Waals surface area contributed by atoms with Crippen molar-refractivity contribution in [1.82, 2.24) is 4.98 Å². The monoisotopic (exact) mass is 300 g/mol. The number of Topliss-reactive ketones (excluding diaryl/α,β-unsaturated/α-hetero) is 1. The molecule has 2 rings (SSSR count). The van der Waals surface area contributed by atoms with Crippen molar-refractivity contribution in [3.8, 4) is 6.07 Å². The highest BCUT2D eigenvalue weighted by Gasteiger charge is 2.21. The number of ketones is 1. The van der Waals surface area contributed by atoms with Crippen molar-refractivity contribution in [2.75, 3.05) is 0 Å². The second-order valence-electron chi connectivity index (χ2n) is 3.72. The van der Waals surface area contributed by atoms with E-state index in [2.05, 4.69) is 20.9 Å². The largest absolute Gasteiger partial charge is 0.292 e. The molecule has 0 N–H and O–H groups in total. The summed E-state index contributed by atoms with van der Waals surface area (Å²) < 4.78 is 0.897. The molecule has 0 fully saturated rings. The Morgan fingerprint density at radius 3 is 2.56 bits per heavy atom. The third-order valence-corrected chi connectivity index (χ3v) is 3.07. The van der Waals surface area contributed by atoms with E-state index >= 15 is 0 Å². The molecular formula is C14H9BrN2O. The molecule has 2 aromatic rings. The molecule has 0 saturated heterocycles. The van der Waals surface area contributed by atoms with E-state index in [4.69, 9.17) is 5.26 Å². The number of carbonyl (C=O) groups is 1. The minimum absolute atomic E-state index is 0.210. The zero-order valence-electron chi connectivity index (χ0n) is 9.38. The lowest BCUT2D eigenvalue weighted by molar-refractivity contribution is 0.0978. The predicted octanol–water partition coefficient (Wildman–Crippen LogP) is 3.33. The Labute approximate surface area is 113 Å². The van der Waals surface area contributed by atoms with Gasteiger partial charge >= 0.3 is 0 Å². The Morgan fingerprint density at radius 1 is 1.28 bits per heavy atom. The van der Waals surface area contributed by atoms with Gasteiger partial charge in [0.1, 0.15) is 5.92 Å². The van der Waals surface area contributed by atoms with Crippen molar-refractivity contribution >= 4 is 21.7 Å². The van der Waals surface area contributed by atoms with Gasteiger partial charge < -0.3 is 0 Å². The van der Waals surface area contributed by atoms with Gasteiger partial charge in [0.2, 0.25) is 0 Å². The van der Waals surface area contributed by atoms with Crippen LogP contribution in [0, 0.1) is 11.3 Å². The molecule has 18 heavy (non-hydrogen) atoms. The smallest absolute Gasteiger partial charge is 0.184 e. The molecule has 0 bridgehead atoms. The van der Waals surface area contributed by atoms with Crippen molar-refractivity contribution in [2.45, 2.75) is 5.92 Å². The summed E-state index contributed by atoms with van der Waals surface area (Å²) in [5.41, 5.74) is 1.14. The van der Waals surface area contributed by atoms with Crippen molar-refractivity contribution in [2.24, 2.45) is 0 Å². The zero-order valence-corrected chi connectivity index (χ0v) is 11.0. The average Bonchev–Trinajstić information content (AvgIpc) is 2.41. The summed E-state index contributed by atoms with van der Waals surface area (Å²) in [5.74, 6) is -1.02. The zero-order chi connectivity index (χ0) is 13.0. The number of pyridine rings is 1. The van der Waals surface area contributed by atoms with E-state index in [0.717, 1.165) is 4.47 Å². The van der Waals surface area contributed by atoms with Gasteiger partial charge in [0.05, 0.1) is 6.07 Å². The Kier molecular flexibility index (Phi) is 3.85. The Bertz CT molecular complexity index is 587. The van der Waals surface area contributed by atoms with Crippen LogP contribution in [0.1, 0.15) is 21.8 Å². The van der Waals surface area contributed by atoms with E-state index in [1.165, 1.54) is 0 Å². The van der Waals surface area contributed by atoms with Crippen LogP contribution in [-0.4, -0.2) is 10.8 Å². The summed E-state index contributed by atoms with van der Waals surface area (Å²) in [6, 6.07) is 12.4. The number of hydrogen-bond donors (Lipinski definition) is 0. The first-order chi connectivity index (χ1) is 8.72. The van der Waals surface area contributed by atoms with E-state index in [9.17, 15) is 4.79 Å². The Morgan fingerprint density at radius 2 is 2.00 bits per heavy atom. The molecule has 0 aliphatic rings. The van der Waals surface area contributed by atoms with Gasteiger partial charge in [0.25, 0.3) is 0 Å². The van der Waals surface area contributed by atoms with Crippen LogP contribution >= 0.6 is 15.9 Å². The maximum absolute atomic E-state index is 12.2. The highest BCUT2D eigenvalue weighted by atomic mass is 79.9. The first kappa shape index (κ1) is 12.5. The number of benzene rings is 1. The molecule has 1 unspecified atom stereocenters. The normalized spacial score (nSPS) is 11.6. The third-order valence-electron chi connectivity index (χ3n) is 2.54. The molecule has 3 nitrogen and oxygen atoms in total. The number of carbonyl (C=O) groups excluding carboxylic acids is 1. The van der Waals surface area contributed by atoms with Crippen molar-refractivity contribution in [1.29, 1.82) is 5.26 Å². The van der Waals surface area contributed by atoms with E-state index in [-0.39, 0.29) is 5.78 Å². The molecule has 1 aromatic carbocycles. The molecule has 0 aliphatic carbocycles. The molecule has 0 spiro atoms. The van der Waals surface area contributed by atoms with Gasteiger partial charge in [-0.1, -0.05) is 34.1 Å². The SMILES string of the molecule is N#CC(C(=O)c1ccc(Br)cc1)c1cccnc1. The van der Waals surface area contributed by atoms with E-state index in [1.807, 2.05) is 6.07 Å². The maximum atomic E-state index is 12.2. The molecule has 1 atom stereocenters. The standard InChI is InChI=1S/C14H9BrN2O/c15-12-5-3-10(4-6-12)14(18)13(8-16)11-2-1-7-17-9-11/h1-7,9,13H. The van der Waals surface area contributed by atoms with Crippen molar-refractivity contribution in [3.05, 3.63) is 64.4 Å². The van der Waals surface area contributed by atoms with Crippen LogP contribution in [0.15, 0.2) is 53.3 Å². The van der Waals surface area contributed by atoms with Gasteiger partial charge in [0.15, 0.2) is 5.78 Å². The Hall–Kier alpha value is -1.99. The van der Waals surface area contributed by atoms with Crippen LogP contribution in [0.5, 0.6) is 0 Å². The summed E-state index contributed by atoms with van der Waals surface area (Å²) in [7, 11) is 0. The van der Waals surface area contributed by atoms with Crippen LogP contribution in [0.4, 0.5) is 0 Å². The molecule has 0 amide bonds. The molecule has 0 radical (unpaired) electrons. The van der Waals surface area contributed by atoms with Gasteiger partial charge in [-0.3, -0.25) is 9.78 Å². The van der Waals surface area contributed by atoms with Crippen molar-refractivity contribution < 1.29 is 4.79 Å². The summed E-state index contributed by atoms with van der Waals surface area (Å²) in [6.45, 7) is 0. The first-order valence-electron chi connectivity index (χ1n) is 5.31. The fourth-order valence-corrected chi connectivity index (χ4v) is 1.88. The Balaban J connectivity index is 2.32. The van der Waals surface area contributed by atoms with Gasteiger partial charge in [-0.15, -0.1) is 0 Å². The summed E-state index contributed by atoms with van der Waals surface area (Å²) in [4.78, 5) is 16.2. The topological polar surface area (TPSA) is 53.8 Å². The van der Waals surface area contributed by atoms with Crippen LogP contribution in [0.3, 0.4) is 0 Å². The van der Waals surface area contributed by atoms with Crippen LogP contribution < -0.4 is 0 Å². The number of aromatic nitrogens is 1. The summed E-state index contributed by atoms with van der Waals surface area (Å²) in [5, 5.41) is 9.16. The highest BCUT2D eigenvalue weighted by molar-refractivity contribution is 9.10. The van der Waals surface area contributed by atoms with E-state index in [1.54, 1.807) is 48.8 Å². The molecule has 0 saturated carbocycles. The molecule has 1 heterocycles. The highest BCUT2D eigenvalue weighted by Crippen LogP contribution is 2.20. The second-order valence-corrected chi connectivity index (χ2v) is 4.64. The predicted molar refractivity (Wildman–Crippen MR) is 71.1 cm³/mol. The van der Waals surface area contributed by atoms with Crippen molar-refractivity contribution in [3.63, 3.8) is 0 Å². The minimum Gasteiger partial charge on any atom is -0.292 e. The van der Waals surface area contributed by atoms with E-state index < -0.39 is 5.92 Å². The molecule has 4 heteroatoms. The lowest BCUT2D eigenvalue weighted by Gasteiger charge is -2.07. The molecule has 1 aromatic heterocycles. The molecular weight excluding hydrogens is 292 g/mol. The third kappa shape index (κ3) is 2.63. The maximum Gasteiger partial charge on any atom is 0.184 e. The summed E-state index contributed by atoms with van der Waals surface area (Å²) >= 11 is 3.31. The van der Waals surface area contributed by atoms with Gasteiger partial charge in [-0.05, 0) is 23.8 Å². The van der Waals surface area contributed by atoms with Gasteiger partial charge in [0, 0.05) is 22.4 Å². The minimum atomic E-state index is -0.806. The number of nitrogens with zero attached hydrogens (tertiary/aromatic N) is 2. The van der Waals surface area contributed by atoms with Gasteiger partial charge in [-0.2, -0.15) is 5.26 Å². The fraction of sp³-hybridized carbons (Fsp3) is 0.0714. The summed E-state index contributed by atoms with van der Waals surface area (Å²) in [6.07, 6.45) is 3.16. The number of halogens is 1.